The van der Waals surface area contributed by atoms with Gasteiger partial charge >= 0.3 is 6.09 Å². The minimum absolute atomic E-state index is 0.0292. The number of benzene rings is 1. The molecule has 1 aromatic carbocycles. The van der Waals surface area contributed by atoms with E-state index in [2.05, 4.69) is 16.6 Å². The number of carbonyl (C=O) groups is 2. The Kier molecular flexibility index (Phi) is 7.37. The Balaban J connectivity index is 2.00. The fraction of sp³-hybridized carbons (Fsp3) is 0.444. The van der Waals surface area contributed by atoms with Gasteiger partial charge in [0.2, 0.25) is 10.0 Å². The van der Waals surface area contributed by atoms with E-state index in [1.807, 2.05) is 0 Å². The highest BCUT2D eigenvalue weighted by Gasteiger charge is 2.27. The summed E-state index contributed by atoms with van der Waals surface area (Å²) < 4.78 is 32.9. The van der Waals surface area contributed by atoms with Crippen molar-refractivity contribution >= 4 is 22.0 Å². The number of sulfonamides is 1. The van der Waals surface area contributed by atoms with Gasteiger partial charge in [-0.15, -0.1) is 6.58 Å². The third kappa shape index (κ3) is 5.80. The average molecular weight is 395 g/mol. The summed E-state index contributed by atoms with van der Waals surface area (Å²) in [6, 6.07) is 5.59. The third-order valence-electron chi connectivity index (χ3n) is 4.16. The van der Waals surface area contributed by atoms with Gasteiger partial charge in [0.25, 0.3) is 5.91 Å². The van der Waals surface area contributed by atoms with Crippen LogP contribution in [-0.2, 0) is 14.8 Å². The van der Waals surface area contributed by atoms with Gasteiger partial charge in [-0.05, 0) is 38.0 Å². The van der Waals surface area contributed by atoms with Gasteiger partial charge in [-0.25, -0.2) is 17.9 Å². The highest BCUT2D eigenvalue weighted by atomic mass is 32.2. The van der Waals surface area contributed by atoms with Gasteiger partial charge < -0.3 is 15.0 Å². The molecule has 1 heterocycles. The van der Waals surface area contributed by atoms with Gasteiger partial charge in [-0.2, -0.15) is 0 Å². The van der Waals surface area contributed by atoms with E-state index in [9.17, 15) is 18.0 Å². The first-order valence-corrected chi connectivity index (χ1v) is 10.3. The summed E-state index contributed by atoms with van der Waals surface area (Å²) in [5.41, 5.74) is 0.261. The Bertz CT molecular complexity index is 786. The van der Waals surface area contributed by atoms with E-state index in [0.717, 1.165) is 0 Å². The largest absolute Gasteiger partial charge is 0.450 e. The monoisotopic (exact) mass is 395 g/mol. The van der Waals surface area contributed by atoms with Crippen LogP contribution in [0, 0.1) is 0 Å². The van der Waals surface area contributed by atoms with Crippen LogP contribution in [0.2, 0.25) is 0 Å². The van der Waals surface area contributed by atoms with Crippen molar-refractivity contribution in [2.45, 2.75) is 30.7 Å². The van der Waals surface area contributed by atoms with Crippen molar-refractivity contribution < 1.29 is 22.7 Å². The second-order valence-electron chi connectivity index (χ2n) is 6.11. The van der Waals surface area contributed by atoms with Gasteiger partial charge in [0.05, 0.1) is 11.5 Å². The van der Waals surface area contributed by atoms with E-state index in [-0.39, 0.29) is 28.5 Å². The van der Waals surface area contributed by atoms with Crippen molar-refractivity contribution in [2.24, 2.45) is 0 Å². The molecule has 1 saturated heterocycles. The highest BCUT2D eigenvalue weighted by molar-refractivity contribution is 7.89. The van der Waals surface area contributed by atoms with Gasteiger partial charge in [0.15, 0.2) is 0 Å². The van der Waals surface area contributed by atoms with Crippen LogP contribution in [0.4, 0.5) is 4.79 Å². The molecule has 148 valence electrons. The lowest BCUT2D eigenvalue weighted by Crippen LogP contribution is -2.46. The zero-order chi connectivity index (χ0) is 19.9. The molecule has 2 rings (SSSR count). The minimum atomic E-state index is -3.77. The maximum atomic E-state index is 12.6. The Hall–Kier alpha value is -2.39. The first-order chi connectivity index (χ1) is 12.9. The lowest BCUT2D eigenvalue weighted by Gasteiger charge is -2.31. The summed E-state index contributed by atoms with van der Waals surface area (Å²) in [7, 11) is -3.77. The number of hydrogen-bond donors (Lipinski definition) is 2. The molecule has 0 saturated carbocycles. The highest BCUT2D eigenvalue weighted by Crippen LogP contribution is 2.17. The molecule has 0 aromatic heterocycles. The summed E-state index contributed by atoms with van der Waals surface area (Å²) in [5.74, 6) is -0.366. The maximum absolute atomic E-state index is 12.6. The number of ether oxygens (including phenoxy) is 1. The van der Waals surface area contributed by atoms with Crippen molar-refractivity contribution in [1.29, 1.82) is 0 Å². The summed E-state index contributed by atoms with van der Waals surface area (Å²) >= 11 is 0. The van der Waals surface area contributed by atoms with Crippen LogP contribution in [0.1, 0.15) is 30.1 Å². The lowest BCUT2D eigenvalue weighted by molar-refractivity contribution is 0.0953. The number of nitrogens with zero attached hydrogens (tertiary/aromatic N) is 1. The predicted octanol–water partition coefficient (Wildman–Crippen LogP) is 1.50. The van der Waals surface area contributed by atoms with E-state index in [1.54, 1.807) is 24.0 Å². The number of rotatable bonds is 7. The van der Waals surface area contributed by atoms with E-state index in [0.29, 0.717) is 39.1 Å². The molecule has 0 spiro atoms. The zero-order valence-electron chi connectivity index (χ0n) is 15.3. The van der Waals surface area contributed by atoms with Crippen LogP contribution in [-0.4, -0.2) is 57.6 Å². The molecule has 2 N–H and O–H groups in total. The Morgan fingerprint density at radius 3 is 2.67 bits per heavy atom. The summed E-state index contributed by atoms with van der Waals surface area (Å²) in [6.07, 6.45) is 2.16. The second kappa shape index (κ2) is 9.52. The molecule has 1 aliphatic rings. The fourth-order valence-corrected chi connectivity index (χ4v) is 4.10. The molecule has 0 bridgehead atoms. The van der Waals surface area contributed by atoms with Gasteiger partial charge in [0, 0.05) is 31.2 Å². The molecule has 0 aliphatic carbocycles. The Morgan fingerprint density at radius 2 is 2.04 bits per heavy atom. The summed E-state index contributed by atoms with van der Waals surface area (Å²) in [5, 5.41) is 2.61. The van der Waals surface area contributed by atoms with Crippen molar-refractivity contribution in [3.63, 3.8) is 0 Å². The number of piperidine rings is 1. The molecule has 1 aliphatic heterocycles. The van der Waals surface area contributed by atoms with Crippen molar-refractivity contribution in [3.8, 4) is 0 Å². The van der Waals surface area contributed by atoms with Crippen LogP contribution in [0.5, 0.6) is 0 Å². The standard InChI is InChI=1S/C18H25N3O5S/c1-3-10-19-17(22)14-6-5-7-16(13-14)27(24,25)20-15-8-11-21(12-9-15)18(23)26-4-2/h3,5-7,13,15,20H,1,4,8-12H2,2H3,(H,19,22). The molecule has 1 fully saturated rings. The Morgan fingerprint density at radius 1 is 1.33 bits per heavy atom. The fourth-order valence-electron chi connectivity index (χ4n) is 2.75. The van der Waals surface area contributed by atoms with Gasteiger partial charge in [-0.1, -0.05) is 12.1 Å². The second-order valence-corrected chi connectivity index (χ2v) is 7.82. The zero-order valence-corrected chi connectivity index (χ0v) is 16.1. The van der Waals surface area contributed by atoms with Crippen LogP contribution in [0.25, 0.3) is 0 Å². The number of nitrogens with one attached hydrogen (secondary N) is 2. The maximum Gasteiger partial charge on any atom is 0.409 e. The number of likely N-dealkylation sites (tertiary alicyclic amines) is 1. The number of amides is 2. The number of hydrogen-bond acceptors (Lipinski definition) is 5. The first kappa shape index (κ1) is 20.9. The SMILES string of the molecule is C=CCNC(=O)c1cccc(S(=O)(=O)NC2CCN(C(=O)OCC)CC2)c1. The van der Waals surface area contributed by atoms with Crippen LogP contribution < -0.4 is 10.0 Å². The van der Waals surface area contributed by atoms with E-state index in [4.69, 9.17) is 4.74 Å². The quantitative estimate of drug-likeness (QED) is 0.681. The van der Waals surface area contributed by atoms with Crippen LogP contribution in [0.3, 0.4) is 0 Å². The molecule has 2 amide bonds. The molecule has 27 heavy (non-hydrogen) atoms. The van der Waals surface area contributed by atoms with Crippen molar-refractivity contribution in [1.82, 2.24) is 14.9 Å². The molecule has 8 nitrogen and oxygen atoms in total. The molecule has 0 radical (unpaired) electrons. The van der Waals surface area contributed by atoms with Crippen molar-refractivity contribution in [3.05, 3.63) is 42.5 Å². The molecule has 0 unspecified atom stereocenters. The summed E-state index contributed by atoms with van der Waals surface area (Å²) in [4.78, 5) is 25.3. The smallest absolute Gasteiger partial charge is 0.409 e. The topological polar surface area (TPSA) is 105 Å². The predicted molar refractivity (Wildman–Crippen MR) is 101 cm³/mol. The first-order valence-electron chi connectivity index (χ1n) is 8.80. The van der Waals surface area contributed by atoms with Gasteiger partial charge in [-0.3, -0.25) is 4.79 Å². The molecule has 0 atom stereocenters. The Labute approximate surface area is 159 Å². The lowest BCUT2D eigenvalue weighted by atomic mass is 10.1. The molecule has 9 heteroatoms. The van der Waals surface area contributed by atoms with Crippen LogP contribution >= 0.6 is 0 Å². The number of carbonyl (C=O) groups excluding carboxylic acids is 2. The third-order valence-corrected chi connectivity index (χ3v) is 5.67. The molecular formula is C18H25N3O5S. The van der Waals surface area contributed by atoms with Gasteiger partial charge in [0.1, 0.15) is 0 Å². The molecule has 1 aromatic rings. The molecular weight excluding hydrogens is 370 g/mol. The van der Waals surface area contributed by atoms with Crippen molar-refractivity contribution in [2.75, 3.05) is 26.2 Å². The van der Waals surface area contributed by atoms with E-state index < -0.39 is 10.0 Å². The van der Waals surface area contributed by atoms with E-state index >= 15 is 0 Å². The van der Waals surface area contributed by atoms with Crippen LogP contribution in [0.15, 0.2) is 41.8 Å². The average Bonchev–Trinajstić information content (AvgIpc) is 2.66. The normalized spacial score (nSPS) is 15.2. The summed E-state index contributed by atoms with van der Waals surface area (Å²) in [6.45, 7) is 6.72. The minimum Gasteiger partial charge on any atom is -0.450 e. The van der Waals surface area contributed by atoms with E-state index in [1.165, 1.54) is 18.2 Å².